The summed E-state index contributed by atoms with van der Waals surface area (Å²) in [5.74, 6) is 0.685. The second-order valence-corrected chi connectivity index (χ2v) is 7.53. The molecule has 0 unspecified atom stereocenters. The molecule has 0 atom stereocenters. The van der Waals surface area contributed by atoms with Gasteiger partial charge in [-0.25, -0.2) is 8.42 Å². The van der Waals surface area contributed by atoms with E-state index in [0.29, 0.717) is 18.0 Å². The van der Waals surface area contributed by atoms with Crippen molar-refractivity contribution in [3.63, 3.8) is 0 Å². The van der Waals surface area contributed by atoms with Crippen LogP contribution in [0.1, 0.15) is 26.7 Å². The second kappa shape index (κ2) is 5.87. The highest BCUT2D eigenvalue weighted by molar-refractivity contribution is 9.10. The molecule has 5 heteroatoms. The molecule has 0 aromatic heterocycles. The van der Waals surface area contributed by atoms with Crippen molar-refractivity contribution in [1.82, 2.24) is 0 Å². The average molecular weight is 320 g/mol. The van der Waals surface area contributed by atoms with E-state index in [-0.39, 0.29) is 10.6 Å². The topological polar surface area (TPSA) is 60.2 Å². The van der Waals surface area contributed by atoms with Crippen molar-refractivity contribution in [2.75, 3.05) is 11.5 Å². The first-order valence-electron chi connectivity index (χ1n) is 5.60. The van der Waals surface area contributed by atoms with Gasteiger partial charge in [-0.3, -0.25) is 0 Å². The van der Waals surface area contributed by atoms with Gasteiger partial charge in [0.15, 0.2) is 9.84 Å². The molecule has 17 heavy (non-hydrogen) atoms. The summed E-state index contributed by atoms with van der Waals surface area (Å²) >= 11 is 3.26. The van der Waals surface area contributed by atoms with E-state index in [1.54, 1.807) is 18.2 Å². The fraction of sp³-hybridized carbons (Fsp3) is 0.500. The first kappa shape index (κ1) is 14.5. The van der Waals surface area contributed by atoms with Gasteiger partial charge in [-0.1, -0.05) is 29.8 Å². The summed E-state index contributed by atoms with van der Waals surface area (Å²) in [6.45, 7) is 4.17. The Balaban J connectivity index is 2.83. The molecule has 0 fully saturated rings. The fourth-order valence-corrected chi connectivity index (χ4v) is 3.43. The minimum absolute atomic E-state index is 0.164. The molecule has 0 aliphatic rings. The molecule has 0 aliphatic heterocycles. The minimum Gasteiger partial charge on any atom is -0.398 e. The predicted molar refractivity (Wildman–Crippen MR) is 74.7 cm³/mol. The SMILES string of the molecule is CC(C)CCCS(=O)(=O)c1ccc(Br)cc1N. The van der Waals surface area contributed by atoms with Gasteiger partial charge >= 0.3 is 0 Å². The van der Waals surface area contributed by atoms with Gasteiger partial charge < -0.3 is 5.73 Å². The summed E-state index contributed by atoms with van der Waals surface area (Å²) < 4.78 is 24.9. The van der Waals surface area contributed by atoms with Gasteiger partial charge in [0.05, 0.1) is 16.3 Å². The van der Waals surface area contributed by atoms with Crippen LogP contribution in [0.15, 0.2) is 27.6 Å². The van der Waals surface area contributed by atoms with Crippen molar-refractivity contribution in [3.8, 4) is 0 Å². The van der Waals surface area contributed by atoms with Crippen molar-refractivity contribution in [2.45, 2.75) is 31.6 Å². The van der Waals surface area contributed by atoms with Crippen LogP contribution in [-0.4, -0.2) is 14.2 Å². The Labute approximate surface area is 111 Å². The standard InChI is InChI=1S/C12H18BrNO2S/c1-9(2)4-3-7-17(15,16)12-6-5-10(13)8-11(12)14/h5-6,8-9H,3-4,7,14H2,1-2H3. The number of benzene rings is 1. The molecule has 0 saturated heterocycles. The summed E-state index contributed by atoms with van der Waals surface area (Å²) in [6.07, 6.45) is 1.59. The molecule has 0 bridgehead atoms. The van der Waals surface area contributed by atoms with Crippen LogP contribution in [0.4, 0.5) is 5.69 Å². The molecular formula is C12H18BrNO2S. The van der Waals surface area contributed by atoms with E-state index >= 15 is 0 Å². The molecule has 0 saturated carbocycles. The Morgan fingerprint density at radius 3 is 2.53 bits per heavy atom. The second-order valence-electron chi connectivity index (χ2n) is 4.54. The maximum Gasteiger partial charge on any atom is 0.180 e. The molecule has 0 amide bonds. The monoisotopic (exact) mass is 319 g/mol. The highest BCUT2D eigenvalue weighted by atomic mass is 79.9. The van der Waals surface area contributed by atoms with Crippen LogP contribution in [0.5, 0.6) is 0 Å². The lowest BCUT2D eigenvalue weighted by molar-refractivity contribution is 0.560. The van der Waals surface area contributed by atoms with Crippen molar-refractivity contribution in [2.24, 2.45) is 5.92 Å². The molecule has 3 nitrogen and oxygen atoms in total. The minimum atomic E-state index is -3.25. The Bertz CT molecular complexity index is 483. The van der Waals surface area contributed by atoms with Crippen LogP contribution in [0, 0.1) is 5.92 Å². The molecule has 1 aromatic rings. The number of hydrogen-bond acceptors (Lipinski definition) is 3. The Morgan fingerprint density at radius 1 is 1.35 bits per heavy atom. The van der Waals surface area contributed by atoms with Crippen LogP contribution in [0.2, 0.25) is 0 Å². The quantitative estimate of drug-likeness (QED) is 0.847. The smallest absolute Gasteiger partial charge is 0.180 e. The zero-order chi connectivity index (χ0) is 13.1. The van der Waals surface area contributed by atoms with E-state index in [9.17, 15) is 8.42 Å². The van der Waals surface area contributed by atoms with Crippen molar-refractivity contribution < 1.29 is 8.42 Å². The van der Waals surface area contributed by atoms with E-state index in [1.807, 2.05) is 0 Å². The molecule has 1 aromatic carbocycles. The average Bonchev–Trinajstić information content (AvgIpc) is 2.15. The number of rotatable bonds is 5. The molecule has 0 spiro atoms. The van der Waals surface area contributed by atoms with Crippen LogP contribution in [0.25, 0.3) is 0 Å². The molecule has 1 rings (SSSR count). The molecule has 0 heterocycles. The third-order valence-electron chi connectivity index (χ3n) is 2.50. The van der Waals surface area contributed by atoms with E-state index in [0.717, 1.165) is 10.9 Å². The lowest BCUT2D eigenvalue weighted by atomic mass is 10.1. The summed E-state index contributed by atoms with van der Waals surface area (Å²) in [5, 5.41) is 0. The van der Waals surface area contributed by atoms with E-state index in [4.69, 9.17) is 5.73 Å². The number of nitrogen functional groups attached to an aromatic ring is 1. The lowest BCUT2D eigenvalue weighted by Crippen LogP contribution is -2.10. The summed E-state index contributed by atoms with van der Waals surface area (Å²) in [6, 6.07) is 4.88. The highest BCUT2D eigenvalue weighted by Crippen LogP contribution is 2.24. The van der Waals surface area contributed by atoms with E-state index < -0.39 is 9.84 Å². The van der Waals surface area contributed by atoms with Crippen molar-refractivity contribution in [3.05, 3.63) is 22.7 Å². The number of anilines is 1. The number of halogens is 1. The predicted octanol–water partition coefficient (Wildman–Crippen LogP) is 3.24. The van der Waals surface area contributed by atoms with E-state index in [1.165, 1.54) is 0 Å². The van der Waals surface area contributed by atoms with Crippen LogP contribution >= 0.6 is 15.9 Å². The van der Waals surface area contributed by atoms with Gasteiger partial charge in [-0.05, 0) is 37.0 Å². The maximum atomic E-state index is 12.1. The van der Waals surface area contributed by atoms with Crippen LogP contribution < -0.4 is 5.73 Å². The van der Waals surface area contributed by atoms with Crippen LogP contribution in [0.3, 0.4) is 0 Å². The lowest BCUT2D eigenvalue weighted by Gasteiger charge is -2.08. The van der Waals surface area contributed by atoms with Gasteiger partial charge in [0.1, 0.15) is 0 Å². The number of sulfone groups is 1. The molecule has 0 aliphatic carbocycles. The largest absolute Gasteiger partial charge is 0.398 e. The Hall–Kier alpha value is -0.550. The highest BCUT2D eigenvalue weighted by Gasteiger charge is 2.17. The van der Waals surface area contributed by atoms with Gasteiger partial charge in [0.25, 0.3) is 0 Å². The van der Waals surface area contributed by atoms with E-state index in [2.05, 4.69) is 29.8 Å². The normalized spacial score (nSPS) is 12.0. The third kappa shape index (κ3) is 4.32. The Morgan fingerprint density at radius 2 is 2.00 bits per heavy atom. The Kier molecular flexibility index (Phi) is 5.01. The fourth-order valence-electron chi connectivity index (χ4n) is 1.59. The first-order valence-corrected chi connectivity index (χ1v) is 8.05. The van der Waals surface area contributed by atoms with Gasteiger partial charge in [0.2, 0.25) is 0 Å². The molecular weight excluding hydrogens is 302 g/mol. The zero-order valence-corrected chi connectivity index (χ0v) is 12.5. The van der Waals surface area contributed by atoms with Gasteiger partial charge in [-0.15, -0.1) is 0 Å². The molecule has 0 radical (unpaired) electrons. The number of nitrogens with two attached hydrogens (primary N) is 1. The third-order valence-corrected chi connectivity index (χ3v) is 4.86. The van der Waals surface area contributed by atoms with Crippen molar-refractivity contribution in [1.29, 1.82) is 0 Å². The van der Waals surface area contributed by atoms with Gasteiger partial charge in [0, 0.05) is 4.47 Å². The maximum absolute atomic E-state index is 12.1. The summed E-state index contributed by atoms with van der Waals surface area (Å²) in [4.78, 5) is 0.240. The number of hydrogen-bond donors (Lipinski definition) is 1. The molecule has 2 N–H and O–H groups in total. The van der Waals surface area contributed by atoms with Crippen molar-refractivity contribution >= 4 is 31.5 Å². The van der Waals surface area contributed by atoms with Gasteiger partial charge in [-0.2, -0.15) is 0 Å². The summed E-state index contributed by atoms with van der Waals surface area (Å²) in [7, 11) is -3.25. The molecule has 96 valence electrons. The summed E-state index contributed by atoms with van der Waals surface area (Å²) in [5.41, 5.74) is 6.04. The zero-order valence-electron chi connectivity index (χ0n) is 10.1. The van der Waals surface area contributed by atoms with Crippen LogP contribution in [-0.2, 0) is 9.84 Å². The first-order chi connectivity index (χ1) is 7.83.